The third-order valence-corrected chi connectivity index (χ3v) is 7.46. The van der Waals surface area contributed by atoms with E-state index >= 15 is 0 Å². The average molecular weight is 535 g/mol. The number of halogens is 1. The zero-order valence-corrected chi connectivity index (χ0v) is 21.9. The van der Waals surface area contributed by atoms with Gasteiger partial charge >= 0.3 is 5.97 Å². The van der Waals surface area contributed by atoms with E-state index in [9.17, 15) is 14.4 Å². The van der Waals surface area contributed by atoms with Gasteiger partial charge in [0.2, 0.25) is 0 Å². The predicted octanol–water partition coefficient (Wildman–Crippen LogP) is 3.44. The molecule has 0 bridgehead atoms. The first-order chi connectivity index (χ1) is 17.8. The Morgan fingerprint density at radius 1 is 1.11 bits per heavy atom. The molecule has 5 rings (SSSR count). The Morgan fingerprint density at radius 2 is 1.81 bits per heavy atom. The Balaban J connectivity index is 1.63. The highest BCUT2D eigenvalue weighted by Crippen LogP contribution is 2.31. The van der Waals surface area contributed by atoms with Crippen molar-refractivity contribution in [1.29, 1.82) is 0 Å². The van der Waals surface area contributed by atoms with E-state index in [4.69, 9.17) is 16.3 Å². The molecule has 0 aliphatic carbocycles. The second kappa shape index (κ2) is 9.91. The van der Waals surface area contributed by atoms with E-state index in [0.29, 0.717) is 37.0 Å². The van der Waals surface area contributed by atoms with Crippen molar-refractivity contribution in [3.63, 3.8) is 0 Å². The molecule has 0 saturated heterocycles. The van der Waals surface area contributed by atoms with Crippen molar-refractivity contribution in [2.24, 2.45) is 16.0 Å². The number of rotatable bonds is 5. The molecule has 37 heavy (non-hydrogen) atoms. The average Bonchev–Trinajstić information content (AvgIpc) is 3.34. The number of para-hydroxylation sites is 1. The molecule has 2 aromatic carbocycles. The molecule has 0 fully saturated rings. The summed E-state index contributed by atoms with van der Waals surface area (Å²) in [7, 11) is 0. The van der Waals surface area contributed by atoms with E-state index < -0.39 is 17.9 Å². The van der Waals surface area contributed by atoms with Crippen molar-refractivity contribution in [2.75, 3.05) is 11.6 Å². The summed E-state index contributed by atoms with van der Waals surface area (Å²) in [5.74, 6) is -1.47. The molecule has 2 aliphatic rings. The molecule has 0 radical (unpaired) electrons. The van der Waals surface area contributed by atoms with Gasteiger partial charge in [0.25, 0.3) is 11.5 Å². The minimum absolute atomic E-state index is 0.188. The van der Waals surface area contributed by atoms with Crippen LogP contribution in [0.1, 0.15) is 32.4 Å². The largest absolute Gasteiger partial charge is 0.463 e. The fourth-order valence-corrected chi connectivity index (χ4v) is 5.62. The van der Waals surface area contributed by atoms with Crippen LogP contribution in [0.2, 0.25) is 5.02 Å². The molecule has 3 aromatic rings. The van der Waals surface area contributed by atoms with Crippen molar-refractivity contribution in [2.45, 2.75) is 26.8 Å². The summed E-state index contributed by atoms with van der Waals surface area (Å²) in [5.41, 5.74) is 2.33. The van der Waals surface area contributed by atoms with Gasteiger partial charge in [0.1, 0.15) is 5.92 Å². The summed E-state index contributed by atoms with van der Waals surface area (Å²) in [5, 5.41) is 6.32. The third-order valence-electron chi connectivity index (χ3n) is 6.20. The Labute approximate surface area is 221 Å². The molecule has 188 valence electrons. The van der Waals surface area contributed by atoms with Gasteiger partial charge in [0.15, 0.2) is 4.80 Å². The van der Waals surface area contributed by atoms with Gasteiger partial charge < -0.3 is 4.74 Å². The first-order valence-corrected chi connectivity index (χ1v) is 12.9. The Kier molecular flexibility index (Phi) is 6.66. The number of allylic oxidation sites excluding steroid dienone is 1. The number of anilines is 1. The molecule has 2 aliphatic heterocycles. The number of nitrogens with zero attached hydrogens (tertiary/aromatic N) is 4. The molecular weight excluding hydrogens is 512 g/mol. The van der Waals surface area contributed by atoms with Crippen molar-refractivity contribution in [3.8, 4) is 0 Å². The van der Waals surface area contributed by atoms with Crippen LogP contribution in [-0.4, -0.2) is 28.8 Å². The van der Waals surface area contributed by atoms with E-state index in [1.165, 1.54) is 20.9 Å². The van der Waals surface area contributed by atoms with Crippen LogP contribution in [0.5, 0.6) is 0 Å². The van der Waals surface area contributed by atoms with Gasteiger partial charge in [-0.2, -0.15) is 10.1 Å². The van der Waals surface area contributed by atoms with Gasteiger partial charge in [-0.1, -0.05) is 53.3 Å². The molecule has 1 amide bonds. The number of hydrogen-bond donors (Lipinski definition) is 0. The van der Waals surface area contributed by atoms with Gasteiger partial charge in [-0.15, -0.1) is 0 Å². The third kappa shape index (κ3) is 4.45. The lowest BCUT2D eigenvalue weighted by Crippen LogP contribution is -2.40. The maximum Gasteiger partial charge on any atom is 0.338 e. The maximum atomic E-state index is 13.8. The smallest absolute Gasteiger partial charge is 0.338 e. The number of amides is 1. The Bertz CT molecular complexity index is 1640. The zero-order chi connectivity index (χ0) is 26.3. The number of aromatic nitrogens is 1. The Morgan fingerprint density at radius 3 is 2.49 bits per heavy atom. The maximum absolute atomic E-state index is 13.8. The minimum Gasteiger partial charge on any atom is -0.463 e. The molecule has 1 aromatic heterocycles. The highest BCUT2D eigenvalue weighted by Gasteiger charge is 2.35. The number of hydrazone groups is 1. The van der Waals surface area contributed by atoms with Crippen molar-refractivity contribution in [1.82, 2.24) is 4.57 Å². The summed E-state index contributed by atoms with van der Waals surface area (Å²) in [4.78, 5) is 45.0. The number of hydrogen-bond acceptors (Lipinski definition) is 7. The number of carbonyl (C=O) groups is 2. The lowest BCUT2D eigenvalue weighted by atomic mass is 9.96. The molecule has 0 unspecified atom stereocenters. The van der Waals surface area contributed by atoms with Crippen LogP contribution < -0.4 is 19.9 Å². The van der Waals surface area contributed by atoms with Crippen molar-refractivity contribution < 1.29 is 14.3 Å². The minimum atomic E-state index is -0.746. The molecule has 3 heterocycles. The number of ether oxygens (including phenoxy) is 1. The number of benzene rings is 2. The van der Waals surface area contributed by atoms with Gasteiger partial charge in [-0.25, -0.2) is 9.79 Å². The summed E-state index contributed by atoms with van der Waals surface area (Å²) >= 11 is 7.27. The topological polar surface area (TPSA) is 93.3 Å². The summed E-state index contributed by atoms with van der Waals surface area (Å²) in [6.45, 7) is 5.40. The molecule has 0 N–H and O–H groups in total. The quantitative estimate of drug-likeness (QED) is 0.469. The van der Waals surface area contributed by atoms with E-state index in [2.05, 4.69) is 10.1 Å². The zero-order valence-electron chi connectivity index (χ0n) is 20.3. The van der Waals surface area contributed by atoms with E-state index in [1.54, 1.807) is 63.2 Å². The summed E-state index contributed by atoms with van der Waals surface area (Å²) in [6, 6.07) is 15.4. The first kappa shape index (κ1) is 24.9. The van der Waals surface area contributed by atoms with E-state index in [0.717, 1.165) is 0 Å². The standard InChI is InChI=1S/C27H23ClN4O4S/c1-4-36-26(35)22-16(3)29-27-31(23(22)17-10-12-18(28)13-11-17)25(34)21(37-27)14-20-15(2)30-32(24(20)33)19-8-6-5-7-9-19/h5-14,20,23H,4H2,1-3H3/b21-14+/t20-,23-/m1/s1. The predicted molar refractivity (Wildman–Crippen MR) is 143 cm³/mol. The number of thiazole rings is 1. The van der Waals surface area contributed by atoms with Crippen LogP contribution in [0.3, 0.4) is 0 Å². The molecular formula is C27H23ClN4O4S. The van der Waals surface area contributed by atoms with Crippen molar-refractivity contribution in [3.05, 3.63) is 96.1 Å². The highest BCUT2D eigenvalue weighted by molar-refractivity contribution is 7.07. The second-order valence-electron chi connectivity index (χ2n) is 8.58. The van der Waals surface area contributed by atoms with Crippen LogP contribution in [-0.2, 0) is 14.3 Å². The monoisotopic (exact) mass is 534 g/mol. The van der Waals surface area contributed by atoms with Crippen molar-refractivity contribution >= 4 is 52.3 Å². The molecule has 10 heteroatoms. The fourth-order valence-electron chi connectivity index (χ4n) is 4.44. The SMILES string of the molecule is CCOC(=O)C1=C(C)N=c2s/c(=C/[C@H]3C(=O)N(c4ccccc4)N=C3C)c(=O)n2[C@@H]1c1ccc(Cl)cc1. The van der Waals surface area contributed by atoms with Crippen LogP contribution in [0, 0.1) is 5.92 Å². The van der Waals surface area contributed by atoms with E-state index in [-0.39, 0.29) is 23.6 Å². The Hall–Kier alpha value is -3.82. The van der Waals surface area contributed by atoms with E-state index in [1.807, 2.05) is 18.2 Å². The molecule has 8 nitrogen and oxygen atoms in total. The molecule has 2 atom stereocenters. The number of fused-ring (bicyclic) bond motifs is 1. The highest BCUT2D eigenvalue weighted by atomic mass is 35.5. The van der Waals surface area contributed by atoms with Gasteiger partial charge in [0, 0.05) is 5.02 Å². The molecule has 0 saturated carbocycles. The normalized spacial score (nSPS) is 19.6. The number of esters is 1. The number of carbonyl (C=O) groups excluding carboxylic acids is 2. The van der Waals surface area contributed by atoms with Gasteiger partial charge in [0.05, 0.1) is 39.9 Å². The molecule has 0 spiro atoms. The van der Waals surface area contributed by atoms with Crippen LogP contribution in [0.25, 0.3) is 6.08 Å². The van der Waals surface area contributed by atoms with Crippen LogP contribution in [0.15, 0.2) is 80.8 Å². The van der Waals surface area contributed by atoms with Crippen LogP contribution >= 0.6 is 22.9 Å². The van der Waals surface area contributed by atoms with Crippen LogP contribution in [0.4, 0.5) is 5.69 Å². The first-order valence-electron chi connectivity index (χ1n) is 11.7. The second-order valence-corrected chi connectivity index (χ2v) is 10.0. The lowest BCUT2D eigenvalue weighted by molar-refractivity contribution is -0.139. The van der Waals surface area contributed by atoms with Gasteiger partial charge in [-0.3, -0.25) is 14.2 Å². The summed E-state index contributed by atoms with van der Waals surface area (Å²) < 4.78 is 7.14. The fraction of sp³-hybridized carbons (Fsp3) is 0.222. The lowest BCUT2D eigenvalue weighted by Gasteiger charge is -2.24. The summed E-state index contributed by atoms with van der Waals surface area (Å²) in [6.07, 6.45) is 1.64. The van der Waals surface area contributed by atoms with Gasteiger partial charge in [-0.05, 0) is 56.7 Å².